The monoisotopic (exact) mass is 244 g/mol. The molecule has 0 bridgehead atoms. The standard InChI is InChI=1S/C12H12N4O2/c1-14-8-13-11(16(17)18)12(14)15-7-6-9-4-2-3-5-10(9)15/h2-5,8H,6-7H2,1H3. The minimum Gasteiger partial charge on any atom is -0.358 e. The Morgan fingerprint density at radius 1 is 1.39 bits per heavy atom. The molecule has 0 saturated carbocycles. The lowest BCUT2D eigenvalue weighted by Crippen LogP contribution is -2.17. The number of benzene rings is 1. The maximum absolute atomic E-state index is 11.0. The van der Waals surface area contributed by atoms with Crippen molar-refractivity contribution < 1.29 is 4.92 Å². The van der Waals surface area contributed by atoms with E-state index < -0.39 is 4.92 Å². The number of aryl methyl sites for hydroxylation is 1. The molecule has 0 fully saturated rings. The second-order valence-corrected chi connectivity index (χ2v) is 4.29. The van der Waals surface area contributed by atoms with Crippen LogP contribution in [-0.2, 0) is 13.5 Å². The van der Waals surface area contributed by atoms with Gasteiger partial charge in [0.15, 0.2) is 0 Å². The molecule has 1 aliphatic rings. The van der Waals surface area contributed by atoms with Crippen molar-refractivity contribution in [1.29, 1.82) is 0 Å². The minimum atomic E-state index is -0.434. The molecule has 0 N–H and O–H groups in total. The lowest BCUT2D eigenvalue weighted by Gasteiger charge is -2.18. The predicted molar refractivity (Wildman–Crippen MR) is 67.0 cm³/mol. The molecular weight excluding hydrogens is 232 g/mol. The number of aromatic nitrogens is 2. The summed E-state index contributed by atoms with van der Waals surface area (Å²) in [7, 11) is 1.77. The summed E-state index contributed by atoms with van der Waals surface area (Å²) < 4.78 is 1.69. The molecule has 6 nitrogen and oxygen atoms in total. The predicted octanol–water partition coefficient (Wildman–Crippen LogP) is 2.02. The highest BCUT2D eigenvalue weighted by molar-refractivity contribution is 5.72. The van der Waals surface area contributed by atoms with E-state index in [-0.39, 0.29) is 5.82 Å². The molecule has 0 aliphatic carbocycles. The van der Waals surface area contributed by atoms with Gasteiger partial charge in [0.1, 0.15) is 0 Å². The number of hydrogen-bond donors (Lipinski definition) is 0. The van der Waals surface area contributed by atoms with E-state index in [0.717, 1.165) is 18.7 Å². The molecule has 6 heteroatoms. The van der Waals surface area contributed by atoms with Crippen molar-refractivity contribution >= 4 is 17.3 Å². The summed E-state index contributed by atoms with van der Waals surface area (Å²) in [6.07, 6.45) is 2.38. The molecule has 3 rings (SSSR count). The van der Waals surface area contributed by atoms with E-state index in [1.165, 1.54) is 11.9 Å². The fraction of sp³-hybridized carbons (Fsp3) is 0.250. The summed E-state index contributed by atoms with van der Waals surface area (Å²) in [6, 6.07) is 7.97. The van der Waals surface area contributed by atoms with Gasteiger partial charge in [0, 0.05) is 19.3 Å². The lowest BCUT2D eigenvalue weighted by atomic mass is 10.2. The molecule has 0 atom stereocenters. The third kappa shape index (κ3) is 1.46. The Morgan fingerprint density at radius 3 is 2.94 bits per heavy atom. The van der Waals surface area contributed by atoms with E-state index in [4.69, 9.17) is 0 Å². The molecule has 2 heterocycles. The highest BCUT2D eigenvalue weighted by Gasteiger charge is 2.30. The molecule has 0 amide bonds. The number of rotatable bonds is 2. The van der Waals surface area contributed by atoms with Crippen molar-refractivity contribution in [3.8, 4) is 0 Å². The van der Waals surface area contributed by atoms with Crippen molar-refractivity contribution in [1.82, 2.24) is 9.55 Å². The number of hydrogen-bond acceptors (Lipinski definition) is 4. The average molecular weight is 244 g/mol. The molecule has 1 aromatic heterocycles. The van der Waals surface area contributed by atoms with Crippen LogP contribution in [0.15, 0.2) is 30.6 Å². The number of nitrogens with zero attached hydrogens (tertiary/aromatic N) is 4. The zero-order chi connectivity index (χ0) is 12.7. The van der Waals surface area contributed by atoms with Crippen LogP contribution in [0.4, 0.5) is 17.3 Å². The second-order valence-electron chi connectivity index (χ2n) is 4.29. The summed E-state index contributed by atoms with van der Waals surface area (Å²) in [6.45, 7) is 0.750. The van der Waals surface area contributed by atoms with E-state index in [1.54, 1.807) is 11.6 Å². The zero-order valence-electron chi connectivity index (χ0n) is 9.91. The Balaban J connectivity index is 2.13. The Kier molecular flexibility index (Phi) is 2.29. The van der Waals surface area contributed by atoms with Crippen LogP contribution in [0.1, 0.15) is 5.56 Å². The van der Waals surface area contributed by atoms with Crippen LogP contribution in [0, 0.1) is 10.1 Å². The molecule has 0 saturated heterocycles. The normalized spacial score (nSPS) is 13.7. The first-order valence-electron chi connectivity index (χ1n) is 5.69. The van der Waals surface area contributed by atoms with Crippen molar-refractivity contribution in [2.75, 3.05) is 11.4 Å². The van der Waals surface area contributed by atoms with E-state index in [0.29, 0.717) is 5.82 Å². The molecule has 92 valence electrons. The van der Waals surface area contributed by atoms with Crippen LogP contribution >= 0.6 is 0 Å². The first-order valence-corrected chi connectivity index (χ1v) is 5.69. The van der Waals surface area contributed by atoms with Crippen LogP contribution in [0.5, 0.6) is 0 Å². The molecular formula is C12H12N4O2. The summed E-state index contributed by atoms with van der Waals surface area (Å²) >= 11 is 0. The van der Waals surface area contributed by atoms with Crippen molar-refractivity contribution in [2.24, 2.45) is 7.05 Å². The van der Waals surface area contributed by atoms with Gasteiger partial charge in [-0.15, -0.1) is 0 Å². The van der Waals surface area contributed by atoms with Gasteiger partial charge >= 0.3 is 5.82 Å². The van der Waals surface area contributed by atoms with Gasteiger partial charge in [0.2, 0.25) is 12.1 Å². The quantitative estimate of drug-likeness (QED) is 0.599. The smallest absolute Gasteiger partial charge is 0.358 e. The first kappa shape index (κ1) is 10.8. The van der Waals surface area contributed by atoms with Crippen LogP contribution in [0.25, 0.3) is 0 Å². The number of anilines is 2. The van der Waals surface area contributed by atoms with Crippen LogP contribution in [0.2, 0.25) is 0 Å². The van der Waals surface area contributed by atoms with Gasteiger partial charge in [0.05, 0.1) is 0 Å². The summed E-state index contributed by atoms with van der Waals surface area (Å²) in [5.74, 6) is 0.458. The molecule has 1 aliphatic heterocycles. The Labute approximate surface area is 104 Å². The molecule has 18 heavy (non-hydrogen) atoms. The summed E-state index contributed by atoms with van der Waals surface area (Å²) in [5, 5.41) is 11.0. The molecule has 0 radical (unpaired) electrons. The van der Waals surface area contributed by atoms with Gasteiger partial charge in [-0.3, -0.25) is 4.57 Å². The second kappa shape index (κ2) is 3.83. The average Bonchev–Trinajstić information content (AvgIpc) is 2.92. The van der Waals surface area contributed by atoms with Crippen LogP contribution < -0.4 is 4.90 Å². The third-order valence-electron chi connectivity index (χ3n) is 3.20. The number of imidazole rings is 1. The fourth-order valence-electron chi connectivity index (χ4n) is 2.41. The maximum Gasteiger partial charge on any atom is 0.406 e. The van der Waals surface area contributed by atoms with Gasteiger partial charge in [0.25, 0.3) is 0 Å². The maximum atomic E-state index is 11.0. The van der Waals surface area contributed by atoms with Gasteiger partial charge in [-0.25, -0.2) is 0 Å². The topological polar surface area (TPSA) is 64.2 Å². The molecule has 1 aromatic carbocycles. The van der Waals surface area contributed by atoms with Crippen molar-refractivity contribution in [2.45, 2.75) is 6.42 Å². The minimum absolute atomic E-state index is 0.0887. The lowest BCUT2D eigenvalue weighted by molar-refractivity contribution is -0.388. The van der Waals surface area contributed by atoms with E-state index in [2.05, 4.69) is 11.1 Å². The van der Waals surface area contributed by atoms with Crippen molar-refractivity contribution in [3.63, 3.8) is 0 Å². The Hall–Kier alpha value is -2.37. The number of fused-ring (bicyclic) bond motifs is 1. The largest absolute Gasteiger partial charge is 0.406 e. The van der Waals surface area contributed by atoms with Gasteiger partial charge in [-0.05, 0) is 28.0 Å². The van der Waals surface area contributed by atoms with E-state index >= 15 is 0 Å². The number of para-hydroxylation sites is 1. The fourth-order valence-corrected chi connectivity index (χ4v) is 2.41. The van der Waals surface area contributed by atoms with E-state index in [9.17, 15) is 10.1 Å². The highest BCUT2D eigenvalue weighted by Crippen LogP contribution is 2.37. The SMILES string of the molecule is Cn1cnc([N+](=O)[O-])c1N1CCc2ccccc21. The Morgan fingerprint density at radius 2 is 2.17 bits per heavy atom. The summed E-state index contributed by atoms with van der Waals surface area (Å²) in [4.78, 5) is 16.4. The van der Waals surface area contributed by atoms with Crippen LogP contribution in [-0.4, -0.2) is 21.0 Å². The molecule has 2 aromatic rings. The Bertz CT molecular complexity index is 620. The van der Waals surface area contributed by atoms with Gasteiger partial charge < -0.3 is 15.0 Å². The highest BCUT2D eigenvalue weighted by atomic mass is 16.6. The number of nitro groups is 1. The van der Waals surface area contributed by atoms with Gasteiger partial charge in [-0.2, -0.15) is 0 Å². The zero-order valence-corrected chi connectivity index (χ0v) is 9.91. The van der Waals surface area contributed by atoms with Crippen molar-refractivity contribution in [3.05, 3.63) is 46.3 Å². The third-order valence-corrected chi connectivity index (χ3v) is 3.20. The molecule has 0 unspecified atom stereocenters. The molecule has 0 spiro atoms. The first-order chi connectivity index (χ1) is 8.68. The van der Waals surface area contributed by atoms with Gasteiger partial charge in [-0.1, -0.05) is 18.2 Å². The summed E-state index contributed by atoms with van der Waals surface area (Å²) in [5.41, 5.74) is 2.25. The van der Waals surface area contributed by atoms with Crippen LogP contribution in [0.3, 0.4) is 0 Å². The van der Waals surface area contributed by atoms with E-state index in [1.807, 2.05) is 23.1 Å².